The normalized spacial score (nSPS) is 21.1. The predicted molar refractivity (Wildman–Crippen MR) is 308 cm³/mol. The minimum Gasteiger partial charge on any atom is -0.248 e. The Balaban J connectivity index is 0.813. The zero-order valence-electron chi connectivity index (χ0n) is 42.9. The number of benzene rings is 8. The van der Waals surface area contributed by atoms with Crippen molar-refractivity contribution >= 4 is 51.9 Å². The van der Waals surface area contributed by atoms with E-state index in [1.807, 2.05) is 0 Å². The molecule has 0 saturated heterocycles. The average Bonchev–Trinajstić information content (AvgIpc) is 3.69. The van der Waals surface area contributed by atoms with Crippen LogP contribution in [-0.2, 0) is 10.8 Å². The molecule has 1 aliphatic heterocycles. The van der Waals surface area contributed by atoms with Crippen LogP contribution in [0.1, 0.15) is 83.0 Å². The SMILES string of the molecule is Cc1cc(C)c(B(c2cccc(-c3cccc(-c4ccc(C56CC7CC(C5)CC(c5ccc([Si]8(c9ccccc9)c9ccccc9-c9ccccc98)cc5)(C7)C6)cc4)n3)c2)c2c(C)cc(C)cc2C)c(C)c1. The molecule has 4 bridgehead atoms. The van der Waals surface area contributed by atoms with Crippen LogP contribution in [-0.4, -0.2) is 19.8 Å². The minimum absolute atomic E-state index is 0.117. The largest absolute Gasteiger partial charge is 0.248 e. The van der Waals surface area contributed by atoms with Crippen molar-refractivity contribution in [1.29, 1.82) is 0 Å². The van der Waals surface area contributed by atoms with Crippen molar-refractivity contribution in [1.82, 2.24) is 4.98 Å². The molecule has 4 aliphatic carbocycles. The molecule has 9 aromatic rings. The van der Waals surface area contributed by atoms with Gasteiger partial charge in [-0.2, -0.15) is 0 Å². The third-order valence-corrected chi connectivity index (χ3v) is 23.1. The number of nitrogens with zero attached hydrogens (tertiary/aromatic N) is 1. The first-order valence-corrected chi connectivity index (χ1v) is 28.7. The minimum atomic E-state index is -2.51. The van der Waals surface area contributed by atoms with Gasteiger partial charge in [0.15, 0.2) is 8.07 Å². The molecule has 0 radical (unpaired) electrons. The van der Waals surface area contributed by atoms with Crippen LogP contribution in [0.4, 0.5) is 0 Å². The summed E-state index contributed by atoms with van der Waals surface area (Å²) in [5.74, 6) is 1.55. The molecule has 8 aromatic carbocycles. The number of hydrogen-bond donors (Lipinski definition) is 0. The third-order valence-electron chi connectivity index (χ3n) is 18.3. The van der Waals surface area contributed by atoms with E-state index in [1.54, 1.807) is 5.56 Å². The van der Waals surface area contributed by atoms with Gasteiger partial charge in [-0.1, -0.05) is 232 Å². The van der Waals surface area contributed by atoms with E-state index in [0.717, 1.165) is 28.8 Å². The van der Waals surface area contributed by atoms with Crippen LogP contribution in [0, 0.1) is 53.4 Å². The average molecular weight is 946 g/mol. The summed E-state index contributed by atoms with van der Waals surface area (Å²) in [5, 5.41) is 6.02. The van der Waals surface area contributed by atoms with Crippen LogP contribution in [0.3, 0.4) is 0 Å². The number of pyridine rings is 1. The van der Waals surface area contributed by atoms with Crippen LogP contribution < -0.4 is 37.1 Å². The fraction of sp³-hybridized carbons (Fsp3) is 0.232. The third kappa shape index (κ3) is 7.13. The highest BCUT2D eigenvalue weighted by atomic mass is 28.3. The van der Waals surface area contributed by atoms with Gasteiger partial charge >= 0.3 is 0 Å². The molecule has 2 heterocycles. The van der Waals surface area contributed by atoms with E-state index in [9.17, 15) is 0 Å². The standard InChI is InChI=1S/C69H64BNSi/c1-45-34-47(3)66(48(4)35-45)70(67-49(5)36-46(2)37-50(67)6)57-17-14-16-54(39-57)63-23-15-22-62(71-63)53-26-28-55(29-27-53)68-40-51-38-52(41-68)43-69(42-51,44-68)56-30-32-59(33-31-56)72(58-18-8-7-9-19-58)64-24-12-10-20-60(64)61-21-11-13-25-65(61)72/h7-37,39,51-52H,38,40-44H2,1-6H3. The van der Waals surface area contributed by atoms with Crippen molar-refractivity contribution in [2.45, 2.75) is 90.9 Å². The van der Waals surface area contributed by atoms with E-state index < -0.39 is 8.07 Å². The van der Waals surface area contributed by atoms with Crippen LogP contribution >= 0.6 is 0 Å². The van der Waals surface area contributed by atoms with E-state index in [-0.39, 0.29) is 17.5 Å². The van der Waals surface area contributed by atoms with Gasteiger partial charge in [-0.3, -0.25) is 0 Å². The summed E-state index contributed by atoms with van der Waals surface area (Å²) in [5.41, 5.74) is 22.9. The smallest absolute Gasteiger partial charge is 0.242 e. The zero-order chi connectivity index (χ0) is 48.9. The maximum Gasteiger partial charge on any atom is 0.242 e. The Bertz CT molecular complexity index is 3410. The number of rotatable bonds is 9. The van der Waals surface area contributed by atoms with Crippen LogP contribution in [0.15, 0.2) is 194 Å². The molecule has 4 saturated carbocycles. The summed E-state index contributed by atoms with van der Waals surface area (Å²) in [6.07, 6.45) is 7.91. The quantitative estimate of drug-likeness (QED) is 0.131. The molecule has 14 rings (SSSR count). The van der Waals surface area contributed by atoms with Gasteiger partial charge in [-0.25, -0.2) is 4.98 Å². The summed E-state index contributed by atoms with van der Waals surface area (Å²) >= 11 is 0. The van der Waals surface area contributed by atoms with Crippen molar-refractivity contribution in [3.05, 3.63) is 239 Å². The van der Waals surface area contributed by atoms with Gasteiger partial charge in [-0.15, -0.1) is 0 Å². The van der Waals surface area contributed by atoms with E-state index in [4.69, 9.17) is 4.98 Å². The number of aromatic nitrogens is 1. The molecule has 0 spiro atoms. The van der Waals surface area contributed by atoms with Gasteiger partial charge in [-0.05, 0) is 163 Å². The molecule has 3 heteroatoms. The fourth-order valence-corrected chi connectivity index (χ4v) is 21.3. The highest BCUT2D eigenvalue weighted by molar-refractivity contribution is 7.22. The van der Waals surface area contributed by atoms with E-state index in [0.29, 0.717) is 0 Å². The van der Waals surface area contributed by atoms with Gasteiger partial charge in [0.2, 0.25) is 6.71 Å². The van der Waals surface area contributed by atoms with Gasteiger partial charge in [0.1, 0.15) is 0 Å². The Morgan fingerprint density at radius 2 is 0.889 bits per heavy atom. The highest BCUT2D eigenvalue weighted by Crippen LogP contribution is 2.66. The van der Waals surface area contributed by atoms with Gasteiger partial charge in [0.25, 0.3) is 0 Å². The van der Waals surface area contributed by atoms with Crippen LogP contribution in [0.5, 0.6) is 0 Å². The van der Waals surface area contributed by atoms with Crippen molar-refractivity contribution < 1.29 is 0 Å². The zero-order valence-corrected chi connectivity index (χ0v) is 43.9. The monoisotopic (exact) mass is 945 g/mol. The molecule has 1 aromatic heterocycles. The number of fused-ring (bicyclic) bond motifs is 3. The van der Waals surface area contributed by atoms with Crippen molar-refractivity contribution in [2.75, 3.05) is 0 Å². The summed E-state index contributed by atoms with van der Waals surface area (Å²) in [4.78, 5) is 5.41. The molecule has 2 unspecified atom stereocenters. The molecular weight excluding hydrogens is 882 g/mol. The lowest BCUT2D eigenvalue weighted by Crippen LogP contribution is -2.72. The first-order chi connectivity index (χ1) is 35.0. The Morgan fingerprint density at radius 1 is 0.431 bits per heavy atom. The fourth-order valence-electron chi connectivity index (χ4n) is 16.1. The maximum absolute atomic E-state index is 5.41. The lowest BCUT2D eigenvalue weighted by Gasteiger charge is -2.63. The van der Waals surface area contributed by atoms with E-state index in [2.05, 4.69) is 236 Å². The molecule has 1 nitrogen and oxygen atoms in total. The molecule has 2 atom stereocenters. The van der Waals surface area contributed by atoms with Gasteiger partial charge in [0.05, 0.1) is 11.4 Å². The number of hydrogen-bond acceptors (Lipinski definition) is 1. The van der Waals surface area contributed by atoms with Crippen molar-refractivity contribution in [3.8, 4) is 33.6 Å². The molecule has 4 fully saturated rings. The molecule has 72 heavy (non-hydrogen) atoms. The number of aryl methyl sites for hydroxylation is 6. The van der Waals surface area contributed by atoms with Crippen molar-refractivity contribution in [2.24, 2.45) is 11.8 Å². The molecule has 0 amide bonds. The lowest BCUT2D eigenvalue weighted by molar-refractivity contribution is -0.0281. The van der Waals surface area contributed by atoms with E-state index >= 15 is 0 Å². The predicted octanol–water partition coefficient (Wildman–Crippen LogP) is 11.9. The maximum atomic E-state index is 5.41. The van der Waals surface area contributed by atoms with Crippen molar-refractivity contribution in [3.63, 3.8) is 0 Å². The topological polar surface area (TPSA) is 12.9 Å². The summed E-state index contributed by atoms with van der Waals surface area (Å²) in [6.45, 7) is 13.7. The Hall–Kier alpha value is -6.81. The molecule has 0 N–H and O–H groups in total. The molecule has 5 aliphatic rings. The summed E-state index contributed by atoms with van der Waals surface area (Å²) in [6, 6.07) is 75.2. The Morgan fingerprint density at radius 3 is 1.43 bits per heavy atom. The Labute approximate surface area is 429 Å². The second-order valence-corrected chi connectivity index (χ2v) is 26.7. The first kappa shape index (κ1) is 45.1. The van der Waals surface area contributed by atoms with Crippen LogP contribution in [0.2, 0.25) is 0 Å². The van der Waals surface area contributed by atoms with Gasteiger partial charge < -0.3 is 0 Å². The Kier molecular flexibility index (Phi) is 10.7. The second-order valence-electron chi connectivity index (χ2n) is 23.0. The highest BCUT2D eigenvalue weighted by Gasteiger charge is 2.59. The lowest BCUT2D eigenvalue weighted by atomic mass is 9.34. The summed E-state index contributed by atoms with van der Waals surface area (Å²) in [7, 11) is -2.51. The first-order valence-electron chi connectivity index (χ1n) is 26.7. The van der Waals surface area contributed by atoms with E-state index in [1.165, 1.54) is 131 Å². The van der Waals surface area contributed by atoms with Crippen LogP contribution in [0.25, 0.3) is 33.6 Å². The second kappa shape index (κ2) is 17.2. The molecule has 352 valence electrons. The molecular formula is C69H64BNSi. The van der Waals surface area contributed by atoms with Gasteiger partial charge in [0, 0.05) is 5.56 Å². The summed E-state index contributed by atoms with van der Waals surface area (Å²) < 4.78 is 0.